The lowest BCUT2D eigenvalue weighted by Gasteiger charge is -2.38. The van der Waals surface area contributed by atoms with Crippen molar-refractivity contribution in [3.63, 3.8) is 0 Å². The van der Waals surface area contributed by atoms with Crippen molar-refractivity contribution in [1.82, 2.24) is 5.43 Å². The van der Waals surface area contributed by atoms with Gasteiger partial charge in [-0.15, -0.1) is 0 Å². The Morgan fingerprint density at radius 3 is 2.74 bits per heavy atom. The van der Waals surface area contributed by atoms with Crippen LogP contribution < -0.4 is 11.2 Å². The summed E-state index contributed by atoms with van der Waals surface area (Å²) >= 11 is 0. The molecule has 0 heterocycles. The van der Waals surface area contributed by atoms with E-state index in [1.165, 1.54) is 12.0 Å². The second-order valence-corrected chi connectivity index (χ2v) is 5.04. The smallest absolute Gasteiger partial charge is 0.332 e. The summed E-state index contributed by atoms with van der Waals surface area (Å²) in [5.41, 5.74) is 9.80. The van der Waals surface area contributed by atoms with E-state index in [-0.39, 0.29) is 5.41 Å². The van der Waals surface area contributed by atoms with Gasteiger partial charge in [0, 0.05) is 11.1 Å². The van der Waals surface area contributed by atoms with Gasteiger partial charge in [0.1, 0.15) is 0 Å². The van der Waals surface area contributed by atoms with Gasteiger partial charge in [-0.3, -0.25) is 0 Å². The molecule has 0 spiro atoms. The number of amides is 2. The molecule has 2 amide bonds. The monoisotopic (exact) mass is 259 g/mol. The molecule has 0 bridgehead atoms. The fraction of sp³-hybridized carbons (Fsp3) is 0.467. The molecule has 3 N–H and O–H groups in total. The second kappa shape index (κ2) is 5.87. The first-order valence-electron chi connectivity index (χ1n) is 6.87. The normalized spacial score (nSPS) is 25.2. The zero-order valence-corrected chi connectivity index (χ0v) is 11.4. The lowest BCUT2D eigenvalue weighted by atomic mass is 9.66. The number of hydrogen-bond donors (Lipinski definition) is 2. The average molecular weight is 259 g/mol. The molecule has 1 atom stereocenters. The molecule has 0 saturated heterocycles. The highest BCUT2D eigenvalue weighted by Gasteiger charge is 2.37. The van der Waals surface area contributed by atoms with Gasteiger partial charge in [-0.1, -0.05) is 43.7 Å². The van der Waals surface area contributed by atoms with Crippen molar-refractivity contribution >= 4 is 11.7 Å². The molecular formula is C15H21N3O. The largest absolute Gasteiger partial charge is 0.350 e. The molecule has 19 heavy (non-hydrogen) atoms. The number of hydrogen-bond acceptors (Lipinski definition) is 2. The lowest BCUT2D eigenvalue weighted by molar-refractivity contribution is 0.249. The number of urea groups is 1. The summed E-state index contributed by atoms with van der Waals surface area (Å²) in [6.45, 7) is 2.18. The first-order chi connectivity index (χ1) is 9.19. The molecule has 1 fully saturated rings. The van der Waals surface area contributed by atoms with Crippen molar-refractivity contribution in [3.05, 3.63) is 35.9 Å². The van der Waals surface area contributed by atoms with Gasteiger partial charge < -0.3 is 5.73 Å². The van der Waals surface area contributed by atoms with Gasteiger partial charge in [0.25, 0.3) is 0 Å². The van der Waals surface area contributed by atoms with E-state index in [1.54, 1.807) is 0 Å². The molecule has 1 saturated carbocycles. The maximum Gasteiger partial charge on any atom is 0.332 e. The Bertz CT molecular complexity index is 470. The Kier molecular flexibility index (Phi) is 4.20. The molecule has 4 heteroatoms. The molecule has 1 aliphatic rings. The standard InChI is InChI=1S/C15H21N3O/c1-2-15(12-8-4-3-5-9-12)11-7-6-10-13(15)17-18-14(16)19/h3-5,8-9H,2,6-7,10-11H2,1H3,(H3,16,18,19)/b17-13-/t15-/m1/s1. The van der Waals surface area contributed by atoms with Gasteiger partial charge in [0.2, 0.25) is 0 Å². The first-order valence-corrected chi connectivity index (χ1v) is 6.87. The molecule has 1 aromatic carbocycles. The number of carbonyl (C=O) groups excluding carboxylic acids is 1. The number of carbonyl (C=O) groups is 1. The SMILES string of the molecule is CC[C@]1(c2ccccc2)CCCC/C1=N/NC(N)=O. The molecule has 0 aliphatic heterocycles. The summed E-state index contributed by atoms with van der Waals surface area (Å²) in [5, 5.41) is 4.28. The average Bonchev–Trinajstić information content (AvgIpc) is 2.46. The number of nitrogens with two attached hydrogens (primary N) is 1. The molecule has 1 aromatic rings. The summed E-state index contributed by atoms with van der Waals surface area (Å²) in [4.78, 5) is 10.9. The molecule has 1 aliphatic carbocycles. The topological polar surface area (TPSA) is 67.5 Å². The Morgan fingerprint density at radius 2 is 2.11 bits per heavy atom. The minimum atomic E-state index is -0.601. The summed E-state index contributed by atoms with van der Waals surface area (Å²) < 4.78 is 0. The number of benzene rings is 1. The third-order valence-electron chi connectivity index (χ3n) is 4.05. The maximum atomic E-state index is 10.9. The maximum absolute atomic E-state index is 10.9. The van der Waals surface area contributed by atoms with Crippen LogP contribution in [0.5, 0.6) is 0 Å². The van der Waals surface area contributed by atoms with E-state index in [9.17, 15) is 4.79 Å². The highest BCUT2D eigenvalue weighted by molar-refractivity contribution is 5.96. The fourth-order valence-corrected chi connectivity index (χ4v) is 3.04. The number of primary amides is 1. The number of hydrazone groups is 1. The van der Waals surface area contributed by atoms with E-state index < -0.39 is 6.03 Å². The van der Waals surface area contributed by atoms with E-state index in [0.717, 1.165) is 31.4 Å². The van der Waals surface area contributed by atoms with Crippen LogP contribution in [-0.2, 0) is 5.41 Å². The third-order valence-corrected chi connectivity index (χ3v) is 4.05. The van der Waals surface area contributed by atoms with E-state index in [1.807, 2.05) is 6.07 Å². The summed E-state index contributed by atoms with van der Waals surface area (Å²) in [6.07, 6.45) is 5.29. The highest BCUT2D eigenvalue weighted by Crippen LogP contribution is 2.40. The van der Waals surface area contributed by atoms with Gasteiger partial charge in [0.05, 0.1) is 0 Å². The third kappa shape index (κ3) is 2.78. The van der Waals surface area contributed by atoms with Crippen LogP contribution in [-0.4, -0.2) is 11.7 Å². The van der Waals surface area contributed by atoms with Gasteiger partial charge in [-0.2, -0.15) is 5.10 Å². The van der Waals surface area contributed by atoms with Crippen LogP contribution in [0.4, 0.5) is 4.79 Å². The van der Waals surface area contributed by atoms with Crippen molar-refractivity contribution in [2.24, 2.45) is 10.8 Å². The predicted octanol–water partition coefficient (Wildman–Crippen LogP) is 2.93. The number of nitrogens with one attached hydrogen (secondary N) is 1. The van der Waals surface area contributed by atoms with Gasteiger partial charge >= 0.3 is 6.03 Å². The van der Waals surface area contributed by atoms with Gasteiger partial charge in [-0.05, 0) is 31.2 Å². The number of nitrogens with zero attached hydrogens (tertiary/aromatic N) is 1. The molecule has 2 rings (SSSR count). The lowest BCUT2D eigenvalue weighted by Crippen LogP contribution is -2.40. The van der Waals surface area contributed by atoms with Crippen molar-refractivity contribution in [2.45, 2.75) is 44.4 Å². The Morgan fingerprint density at radius 1 is 1.37 bits per heavy atom. The molecule has 0 unspecified atom stereocenters. The summed E-state index contributed by atoms with van der Waals surface area (Å²) in [7, 11) is 0. The van der Waals surface area contributed by atoms with Gasteiger partial charge in [-0.25, -0.2) is 10.2 Å². The van der Waals surface area contributed by atoms with E-state index >= 15 is 0 Å². The van der Waals surface area contributed by atoms with Crippen molar-refractivity contribution in [1.29, 1.82) is 0 Å². The van der Waals surface area contributed by atoms with Crippen molar-refractivity contribution in [3.8, 4) is 0 Å². The minimum Gasteiger partial charge on any atom is -0.350 e. The first kappa shape index (κ1) is 13.6. The molecular weight excluding hydrogens is 238 g/mol. The van der Waals surface area contributed by atoms with Crippen LogP contribution in [0.15, 0.2) is 35.4 Å². The highest BCUT2D eigenvalue weighted by atomic mass is 16.2. The zero-order valence-electron chi connectivity index (χ0n) is 11.4. The van der Waals surface area contributed by atoms with Crippen LogP contribution >= 0.6 is 0 Å². The van der Waals surface area contributed by atoms with Crippen molar-refractivity contribution < 1.29 is 4.79 Å². The Hall–Kier alpha value is -1.84. The molecule has 4 nitrogen and oxygen atoms in total. The van der Waals surface area contributed by atoms with Crippen LogP contribution in [0.2, 0.25) is 0 Å². The van der Waals surface area contributed by atoms with Crippen LogP contribution in [0.3, 0.4) is 0 Å². The van der Waals surface area contributed by atoms with E-state index in [2.05, 4.69) is 41.7 Å². The zero-order chi connectivity index (χ0) is 13.7. The summed E-state index contributed by atoms with van der Waals surface area (Å²) in [6, 6.07) is 9.83. The summed E-state index contributed by atoms with van der Waals surface area (Å²) in [5.74, 6) is 0. The fourth-order valence-electron chi connectivity index (χ4n) is 3.04. The predicted molar refractivity (Wildman–Crippen MR) is 77.0 cm³/mol. The Labute approximate surface area is 114 Å². The molecule has 0 aromatic heterocycles. The minimum absolute atomic E-state index is 0.0536. The van der Waals surface area contributed by atoms with E-state index in [0.29, 0.717) is 0 Å². The second-order valence-electron chi connectivity index (χ2n) is 5.04. The van der Waals surface area contributed by atoms with Crippen molar-refractivity contribution in [2.75, 3.05) is 0 Å². The van der Waals surface area contributed by atoms with E-state index in [4.69, 9.17) is 5.73 Å². The van der Waals surface area contributed by atoms with Crippen LogP contribution in [0, 0.1) is 0 Å². The van der Waals surface area contributed by atoms with Gasteiger partial charge in [0.15, 0.2) is 0 Å². The Balaban J connectivity index is 2.39. The number of rotatable bonds is 3. The molecule has 102 valence electrons. The van der Waals surface area contributed by atoms with Crippen LogP contribution in [0.1, 0.15) is 44.6 Å². The molecule has 0 radical (unpaired) electrons. The van der Waals surface area contributed by atoms with Crippen LogP contribution in [0.25, 0.3) is 0 Å². The quantitative estimate of drug-likeness (QED) is 0.805.